The van der Waals surface area contributed by atoms with Gasteiger partial charge in [-0.3, -0.25) is 4.98 Å². The summed E-state index contributed by atoms with van der Waals surface area (Å²) in [6.45, 7) is 0.768. The number of fused-ring (bicyclic) bond motifs is 1. The molecule has 2 N–H and O–H groups in total. The molecule has 1 spiro atoms. The van der Waals surface area contributed by atoms with Gasteiger partial charge >= 0.3 is 6.03 Å². The van der Waals surface area contributed by atoms with E-state index in [1.807, 2.05) is 60.7 Å². The lowest BCUT2D eigenvalue weighted by Crippen LogP contribution is -2.34. The van der Waals surface area contributed by atoms with Crippen molar-refractivity contribution in [1.82, 2.24) is 10.3 Å². The summed E-state index contributed by atoms with van der Waals surface area (Å²) in [5.74, 6) is 1.64. The molecule has 2 heterocycles. The smallest absolute Gasteiger partial charge is 0.319 e. The highest BCUT2D eigenvalue weighted by Gasteiger charge is 2.44. The van der Waals surface area contributed by atoms with Crippen molar-refractivity contribution in [2.45, 2.75) is 44.6 Å². The molecule has 1 aliphatic heterocycles. The SMILES string of the molecule is O=C(NCc1cccc(OCc2ccccn2)c1)Nc1ccc2c(c1)OC1(CCCC1)O2. The van der Waals surface area contributed by atoms with E-state index in [0.29, 0.717) is 24.6 Å². The molecule has 3 aromatic rings. The fourth-order valence-corrected chi connectivity index (χ4v) is 4.03. The van der Waals surface area contributed by atoms with Crippen LogP contribution in [-0.4, -0.2) is 16.8 Å². The second kappa shape index (κ2) is 8.78. The van der Waals surface area contributed by atoms with Gasteiger partial charge in [0.2, 0.25) is 0 Å². The maximum absolute atomic E-state index is 12.4. The van der Waals surface area contributed by atoms with Crippen molar-refractivity contribution in [3.8, 4) is 17.2 Å². The molecule has 2 aliphatic rings. The van der Waals surface area contributed by atoms with Crippen molar-refractivity contribution in [3.05, 3.63) is 78.1 Å². The van der Waals surface area contributed by atoms with Gasteiger partial charge in [0.25, 0.3) is 5.79 Å². The van der Waals surface area contributed by atoms with Gasteiger partial charge < -0.3 is 24.8 Å². The lowest BCUT2D eigenvalue weighted by Gasteiger charge is -2.21. The lowest BCUT2D eigenvalue weighted by molar-refractivity contribution is -0.0716. The van der Waals surface area contributed by atoms with Crippen LogP contribution in [0.1, 0.15) is 36.9 Å². The minimum Gasteiger partial charge on any atom is -0.487 e. The predicted octanol–water partition coefficient (Wildman–Crippen LogP) is 5.02. The number of hydrogen-bond acceptors (Lipinski definition) is 5. The molecular weight excluding hydrogens is 406 g/mol. The molecule has 0 unspecified atom stereocenters. The first kappa shape index (κ1) is 20.2. The topological polar surface area (TPSA) is 81.7 Å². The van der Waals surface area contributed by atoms with Crippen molar-refractivity contribution in [2.75, 3.05) is 5.32 Å². The Balaban J connectivity index is 1.13. The van der Waals surface area contributed by atoms with Gasteiger partial charge in [-0.05, 0) is 54.8 Å². The molecule has 0 radical (unpaired) electrons. The zero-order valence-electron chi connectivity index (χ0n) is 17.7. The molecule has 1 aromatic heterocycles. The van der Waals surface area contributed by atoms with Crippen LogP contribution < -0.4 is 24.8 Å². The van der Waals surface area contributed by atoms with Crippen molar-refractivity contribution in [3.63, 3.8) is 0 Å². The quantitative estimate of drug-likeness (QED) is 0.573. The van der Waals surface area contributed by atoms with Crippen LogP contribution in [0.4, 0.5) is 10.5 Å². The first-order chi connectivity index (χ1) is 15.7. The van der Waals surface area contributed by atoms with Crippen molar-refractivity contribution < 1.29 is 19.0 Å². The molecule has 1 fully saturated rings. The van der Waals surface area contributed by atoms with Crippen LogP contribution in [0.15, 0.2) is 66.9 Å². The highest BCUT2D eigenvalue weighted by atomic mass is 16.7. The Hall–Kier alpha value is -3.74. The van der Waals surface area contributed by atoms with Gasteiger partial charge in [0.1, 0.15) is 12.4 Å². The molecule has 0 saturated heterocycles. The standard InChI is InChI=1S/C25H25N3O4/c29-24(28-19-9-10-22-23(15-19)32-25(31-22)11-2-3-12-25)27-16-18-6-5-8-21(14-18)30-17-20-7-1-4-13-26-20/h1,4-10,13-15H,2-3,11-12,16-17H2,(H2,27,28,29). The number of ether oxygens (including phenoxy) is 3. The highest BCUT2D eigenvalue weighted by Crippen LogP contribution is 2.47. The van der Waals surface area contributed by atoms with E-state index in [0.717, 1.165) is 48.4 Å². The molecule has 0 bridgehead atoms. The van der Waals surface area contributed by atoms with Gasteiger partial charge in [-0.1, -0.05) is 18.2 Å². The number of rotatable bonds is 6. The van der Waals surface area contributed by atoms with Crippen LogP contribution in [0.5, 0.6) is 17.2 Å². The molecule has 2 amide bonds. The summed E-state index contributed by atoms with van der Waals surface area (Å²) in [5.41, 5.74) is 2.46. The number of nitrogens with zero attached hydrogens (tertiary/aromatic N) is 1. The Bertz CT molecular complexity index is 1100. The van der Waals surface area contributed by atoms with E-state index in [1.54, 1.807) is 6.20 Å². The van der Waals surface area contributed by atoms with Crippen molar-refractivity contribution in [1.29, 1.82) is 0 Å². The number of carbonyl (C=O) groups is 1. The maximum atomic E-state index is 12.4. The normalized spacial score (nSPS) is 15.5. The van der Waals surface area contributed by atoms with Gasteiger partial charge in [-0.15, -0.1) is 0 Å². The van der Waals surface area contributed by atoms with Gasteiger partial charge in [0.15, 0.2) is 11.5 Å². The van der Waals surface area contributed by atoms with E-state index in [2.05, 4.69) is 15.6 Å². The number of pyridine rings is 1. The summed E-state index contributed by atoms with van der Waals surface area (Å²) >= 11 is 0. The first-order valence-electron chi connectivity index (χ1n) is 10.9. The number of anilines is 1. The van der Waals surface area contributed by atoms with Gasteiger partial charge in [0, 0.05) is 37.3 Å². The van der Waals surface area contributed by atoms with Crippen LogP contribution in [0.25, 0.3) is 0 Å². The average Bonchev–Trinajstić information content (AvgIpc) is 3.42. The number of hydrogen-bond donors (Lipinski definition) is 2. The third kappa shape index (κ3) is 4.61. The Morgan fingerprint density at radius 2 is 1.88 bits per heavy atom. The van der Waals surface area contributed by atoms with Crippen LogP contribution in [0.3, 0.4) is 0 Å². The number of urea groups is 1. The Morgan fingerprint density at radius 1 is 1.00 bits per heavy atom. The average molecular weight is 431 g/mol. The summed E-state index contributed by atoms with van der Waals surface area (Å²) < 4.78 is 17.9. The number of aromatic nitrogens is 1. The zero-order valence-corrected chi connectivity index (χ0v) is 17.7. The van der Waals surface area contributed by atoms with E-state index >= 15 is 0 Å². The maximum Gasteiger partial charge on any atom is 0.319 e. The number of amides is 2. The summed E-state index contributed by atoms with van der Waals surface area (Å²) in [4.78, 5) is 16.6. The first-order valence-corrected chi connectivity index (χ1v) is 10.9. The third-order valence-electron chi connectivity index (χ3n) is 5.62. The van der Waals surface area contributed by atoms with E-state index in [-0.39, 0.29) is 6.03 Å². The molecular formula is C25H25N3O4. The number of nitrogens with one attached hydrogen (secondary N) is 2. The molecule has 32 heavy (non-hydrogen) atoms. The zero-order chi connectivity index (χ0) is 21.8. The summed E-state index contributed by atoms with van der Waals surface area (Å²) in [5, 5.41) is 5.73. The monoisotopic (exact) mass is 431 g/mol. The number of benzene rings is 2. The van der Waals surface area contributed by atoms with Gasteiger partial charge in [0.05, 0.1) is 5.69 Å². The Morgan fingerprint density at radius 3 is 2.72 bits per heavy atom. The largest absolute Gasteiger partial charge is 0.487 e. The molecule has 1 saturated carbocycles. The van der Waals surface area contributed by atoms with E-state index in [9.17, 15) is 4.79 Å². The Kier molecular flexibility index (Phi) is 5.54. The second-order valence-corrected chi connectivity index (χ2v) is 8.05. The molecule has 2 aromatic carbocycles. The molecule has 1 aliphatic carbocycles. The highest BCUT2D eigenvalue weighted by molar-refractivity contribution is 5.89. The van der Waals surface area contributed by atoms with E-state index in [4.69, 9.17) is 14.2 Å². The minimum absolute atomic E-state index is 0.292. The lowest BCUT2D eigenvalue weighted by atomic mass is 10.2. The van der Waals surface area contributed by atoms with Crippen molar-refractivity contribution in [2.24, 2.45) is 0 Å². The third-order valence-corrected chi connectivity index (χ3v) is 5.62. The minimum atomic E-state index is -0.507. The number of carbonyl (C=O) groups excluding carboxylic acids is 1. The van der Waals surface area contributed by atoms with Crippen LogP contribution in [0, 0.1) is 0 Å². The van der Waals surface area contributed by atoms with Crippen molar-refractivity contribution >= 4 is 11.7 Å². The molecule has 164 valence electrons. The van der Waals surface area contributed by atoms with Crippen LogP contribution in [0.2, 0.25) is 0 Å². The predicted molar refractivity (Wildman–Crippen MR) is 120 cm³/mol. The van der Waals surface area contributed by atoms with Gasteiger partial charge in [-0.2, -0.15) is 0 Å². The molecule has 0 atom stereocenters. The second-order valence-electron chi connectivity index (χ2n) is 8.05. The summed E-state index contributed by atoms with van der Waals surface area (Å²) in [6, 6.07) is 18.5. The molecule has 5 rings (SSSR count). The fourth-order valence-electron chi connectivity index (χ4n) is 4.03. The van der Waals surface area contributed by atoms with E-state index in [1.165, 1.54) is 0 Å². The van der Waals surface area contributed by atoms with Crippen LogP contribution in [-0.2, 0) is 13.2 Å². The fraction of sp³-hybridized carbons (Fsp3) is 0.280. The van der Waals surface area contributed by atoms with E-state index < -0.39 is 5.79 Å². The summed E-state index contributed by atoms with van der Waals surface area (Å²) in [7, 11) is 0. The molecule has 7 nitrogen and oxygen atoms in total. The summed E-state index contributed by atoms with van der Waals surface area (Å²) in [6.07, 6.45) is 5.75. The van der Waals surface area contributed by atoms with Crippen LogP contribution >= 0.6 is 0 Å². The Labute approximate surface area is 186 Å². The van der Waals surface area contributed by atoms with Gasteiger partial charge in [-0.25, -0.2) is 4.79 Å². The molecule has 7 heteroatoms.